The minimum atomic E-state index is -1.25. The molecule has 4 aromatic rings. The van der Waals surface area contributed by atoms with Crippen LogP contribution in [0.4, 0.5) is 0 Å². The monoisotopic (exact) mass is 465 g/mol. The number of aromatic nitrogens is 2. The molecule has 0 fully saturated rings. The number of halogens is 2. The van der Waals surface area contributed by atoms with Crippen LogP contribution in [-0.4, -0.2) is 38.4 Å². The second-order valence-electron chi connectivity index (χ2n) is 7.59. The number of carbonyl (C=O) groups excluding carboxylic acids is 1. The first-order chi connectivity index (χ1) is 15.5. The Balaban J connectivity index is 1.68. The highest BCUT2D eigenvalue weighted by Crippen LogP contribution is 2.39. The van der Waals surface area contributed by atoms with Crippen LogP contribution >= 0.6 is 23.2 Å². The number of nitrogens with one attached hydrogen (secondary N) is 1. The van der Waals surface area contributed by atoms with Crippen LogP contribution in [0.2, 0.25) is 10.0 Å². The van der Waals surface area contributed by atoms with E-state index in [1.54, 1.807) is 11.1 Å². The molecule has 0 saturated heterocycles. The first-order valence-corrected chi connectivity index (χ1v) is 10.7. The number of H-pyrrole nitrogens is 1. The summed E-state index contributed by atoms with van der Waals surface area (Å²) in [6.07, 6.45) is 2.30. The number of benzene rings is 2. The van der Waals surface area contributed by atoms with Crippen molar-refractivity contribution in [1.82, 2.24) is 14.9 Å². The van der Waals surface area contributed by atoms with Gasteiger partial charge in [-0.1, -0.05) is 47.5 Å². The standard InChI is InChI=1S/C24H17Cl2N3O3/c25-17-11-15(16(24(31)32)12-18(17)26)23(30)29-10-8-14-13-5-1-2-6-19(13)28-21(14)22(29)20-7-3-4-9-27-20/h1-7,9,11-12,22,28H,8,10H2,(H,31,32). The maximum Gasteiger partial charge on any atom is 0.336 e. The number of aromatic amines is 1. The lowest BCUT2D eigenvalue weighted by Crippen LogP contribution is -2.41. The number of pyridine rings is 1. The average molecular weight is 466 g/mol. The van der Waals surface area contributed by atoms with Gasteiger partial charge in [0.2, 0.25) is 0 Å². The second-order valence-corrected chi connectivity index (χ2v) is 8.40. The summed E-state index contributed by atoms with van der Waals surface area (Å²) in [4.78, 5) is 35.2. The molecule has 1 aliphatic rings. The van der Waals surface area contributed by atoms with Crippen LogP contribution in [-0.2, 0) is 6.42 Å². The normalized spacial score (nSPS) is 15.6. The number of nitrogens with zero attached hydrogens (tertiary/aromatic N) is 2. The number of hydrogen-bond donors (Lipinski definition) is 2. The van der Waals surface area contributed by atoms with Crippen LogP contribution in [0.15, 0.2) is 60.8 Å². The van der Waals surface area contributed by atoms with Gasteiger partial charge in [0, 0.05) is 29.3 Å². The van der Waals surface area contributed by atoms with Gasteiger partial charge in [-0.3, -0.25) is 9.78 Å². The Hall–Kier alpha value is -3.35. The van der Waals surface area contributed by atoms with E-state index in [9.17, 15) is 14.7 Å². The molecule has 32 heavy (non-hydrogen) atoms. The second kappa shape index (κ2) is 7.97. The predicted molar refractivity (Wildman–Crippen MR) is 123 cm³/mol. The highest BCUT2D eigenvalue weighted by Gasteiger charge is 2.37. The third-order valence-corrected chi connectivity index (χ3v) is 6.51. The lowest BCUT2D eigenvalue weighted by Gasteiger charge is -2.36. The molecular weight excluding hydrogens is 449 g/mol. The summed E-state index contributed by atoms with van der Waals surface area (Å²) in [5.74, 6) is -1.69. The molecule has 1 unspecified atom stereocenters. The fourth-order valence-corrected chi connectivity index (χ4v) is 4.69. The molecule has 8 heteroatoms. The molecule has 0 saturated carbocycles. The summed E-state index contributed by atoms with van der Waals surface area (Å²) in [7, 11) is 0. The van der Waals surface area contributed by atoms with Crippen molar-refractivity contribution < 1.29 is 14.7 Å². The molecular formula is C24H17Cl2N3O3. The fraction of sp³-hybridized carbons (Fsp3) is 0.125. The van der Waals surface area contributed by atoms with Crippen LogP contribution in [0.3, 0.4) is 0 Å². The Kier molecular flexibility index (Phi) is 5.12. The van der Waals surface area contributed by atoms with E-state index in [-0.39, 0.29) is 21.2 Å². The molecule has 0 spiro atoms. The summed E-state index contributed by atoms with van der Waals surface area (Å²) in [5, 5.41) is 11.0. The maximum absolute atomic E-state index is 13.7. The van der Waals surface area contributed by atoms with E-state index in [0.29, 0.717) is 18.7 Å². The van der Waals surface area contributed by atoms with Crippen LogP contribution in [0, 0.1) is 0 Å². The maximum atomic E-state index is 13.7. The number of aromatic carboxylic acids is 1. The van der Waals surface area contributed by atoms with Crippen LogP contribution in [0.25, 0.3) is 10.9 Å². The first kappa shape index (κ1) is 20.5. The van der Waals surface area contributed by atoms with E-state index < -0.39 is 17.9 Å². The number of carboxylic acids is 1. The zero-order valence-corrected chi connectivity index (χ0v) is 18.2. The van der Waals surface area contributed by atoms with Crippen molar-refractivity contribution in [1.29, 1.82) is 0 Å². The Labute approximate surface area is 193 Å². The van der Waals surface area contributed by atoms with Crippen molar-refractivity contribution in [2.24, 2.45) is 0 Å². The van der Waals surface area contributed by atoms with E-state index in [0.717, 1.165) is 22.2 Å². The summed E-state index contributed by atoms with van der Waals surface area (Å²) in [6, 6.07) is 15.6. The number of rotatable bonds is 3. The van der Waals surface area contributed by atoms with Crippen molar-refractivity contribution in [2.45, 2.75) is 12.5 Å². The molecule has 1 atom stereocenters. The molecule has 5 rings (SSSR count). The number of para-hydroxylation sites is 1. The molecule has 2 aromatic carbocycles. The smallest absolute Gasteiger partial charge is 0.336 e. The molecule has 6 nitrogen and oxygen atoms in total. The van der Waals surface area contributed by atoms with Gasteiger partial charge in [0.25, 0.3) is 5.91 Å². The Morgan fingerprint density at radius 1 is 1.03 bits per heavy atom. The van der Waals surface area contributed by atoms with Gasteiger partial charge in [0.05, 0.1) is 26.9 Å². The van der Waals surface area contributed by atoms with E-state index in [2.05, 4.69) is 16.0 Å². The number of carboxylic acid groups (broad SMARTS) is 1. The number of amides is 1. The molecule has 1 aliphatic heterocycles. The van der Waals surface area contributed by atoms with Gasteiger partial charge in [-0.25, -0.2) is 4.79 Å². The predicted octanol–water partition coefficient (Wildman–Crippen LogP) is 5.36. The number of carbonyl (C=O) groups is 2. The molecule has 2 N–H and O–H groups in total. The highest BCUT2D eigenvalue weighted by molar-refractivity contribution is 6.42. The van der Waals surface area contributed by atoms with Gasteiger partial charge < -0.3 is 15.0 Å². The van der Waals surface area contributed by atoms with Crippen molar-refractivity contribution in [3.63, 3.8) is 0 Å². The number of hydrogen-bond acceptors (Lipinski definition) is 3. The van der Waals surface area contributed by atoms with E-state index in [1.807, 2.05) is 36.4 Å². The quantitative estimate of drug-likeness (QED) is 0.426. The SMILES string of the molecule is O=C(O)c1cc(Cl)c(Cl)cc1C(=O)N1CCc2c([nH]c3ccccc23)C1c1ccccn1. The zero-order chi connectivity index (χ0) is 22.4. The summed E-state index contributed by atoms with van der Waals surface area (Å²) in [6.45, 7) is 0.397. The van der Waals surface area contributed by atoms with Crippen LogP contribution in [0.1, 0.15) is 43.7 Å². The zero-order valence-electron chi connectivity index (χ0n) is 16.7. The van der Waals surface area contributed by atoms with E-state index >= 15 is 0 Å². The van der Waals surface area contributed by atoms with E-state index in [4.69, 9.17) is 23.2 Å². The van der Waals surface area contributed by atoms with Gasteiger partial charge in [-0.2, -0.15) is 0 Å². The Morgan fingerprint density at radius 3 is 2.47 bits per heavy atom. The molecule has 1 amide bonds. The van der Waals surface area contributed by atoms with Gasteiger partial charge >= 0.3 is 5.97 Å². The van der Waals surface area contributed by atoms with Crippen LogP contribution in [0.5, 0.6) is 0 Å². The van der Waals surface area contributed by atoms with Gasteiger partial charge in [-0.15, -0.1) is 0 Å². The minimum Gasteiger partial charge on any atom is -0.478 e. The summed E-state index contributed by atoms with van der Waals surface area (Å²) >= 11 is 12.2. The third-order valence-electron chi connectivity index (χ3n) is 5.78. The molecule has 0 aliphatic carbocycles. The first-order valence-electron chi connectivity index (χ1n) is 9.99. The third kappa shape index (κ3) is 3.32. The lowest BCUT2D eigenvalue weighted by atomic mass is 9.93. The van der Waals surface area contributed by atoms with Gasteiger partial charge in [0.15, 0.2) is 0 Å². The number of fused-ring (bicyclic) bond motifs is 3. The largest absolute Gasteiger partial charge is 0.478 e. The molecule has 0 bridgehead atoms. The Bertz CT molecular complexity index is 1370. The Morgan fingerprint density at radius 2 is 1.75 bits per heavy atom. The lowest BCUT2D eigenvalue weighted by molar-refractivity contribution is 0.0650. The van der Waals surface area contributed by atoms with Crippen molar-refractivity contribution in [3.05, 3.63) is 98.9 Å². The van der Waals surface area contributed by atoms with Crippen molar-refractivity contribution in [2.75, 3.05) is 6.54 Å². The molecule has 2 aromatic heterocycles. The molecule has 3 heterocycles. The molecule has 160 valence electrons. The van der Waals surface area contributed by atoms with Crippen molar-refractivity contribution >= 4 is 46.0 Å². The average Bonchev–Trinajstić information content (AvgIpc) is 3.18. The summed E-state index contributed by atoms with van der Waals surface area (Å²) in [5.41, 5.74) is 3.48. The highest BCUT2D eigenvalue weighted by atomic mass is 35.5. The van der Waals surface area contributed by atoms with E-state index in [1.165, 1.54) is 12.1 Å². The van der Waals surface area contributed by atoms with Gasteiger partial charge in [-0.05, 0) is 42.3 Å². The topological polar surface area (TPSA) is 86.3 Å². The fourth-order valence-electron chi connectivity index (χ4n) is 4.36. The van der Waals surface area contributed by atoms with Gasteiger partial charge in [0.1, 0.15) is 6.04 Å². The minimum absolute atomic E-state index is 0.00704. The van der Waals surface area contributed by atoms with Crippen molar-refractivity contribution in [3.8, 4) is 0 Å². The summed E-state index contributed by atoms with van der Waals surface area (Å²) < 4.78 is 0. The molecule has 0 radical (unpaired) electrons. The van der Waals surface area contributed by atoms with Crippen LogP contribution < -0.4 is 0 Å².